The smallest absolute Gasteiger partial charge is 0.345 e. The molecule has 9 nitrogen and oxygen atoms in total. The third kappa shape index (κ3) is 4.44. The Kier molecular flexibility index (Phi) is 5.68. The van der Waals surface area contributed by atoms with Crippen molar-refractivity contribution in [2.75, 3.05) is 0 Å². The second kappa shape index (κ2) is 6.25. The summed E-state index contributed by atoms with van der Waals surface area (Å²) in [5.74, 6) is -4.49. The lowest BCUT2D eigenvalue weighted by Gasteiger charge is -2.22. The molecule has 0 saturated carbocycles. The van der Waals surface area contributed by atoms with E-state index in [1.807, 2.05) is 0 Å². The summed E-state index contributed by atoms with van der Waals surface area (Å²) in [4.78, 5) is 31.5. The highest BCUT2D eigenvalue weighted by atomic mass is 16.6. The predicted molar refractivity (Wildman–Crippen MR) is 48.4 cm³/mol. The Bertz CT molecular complexity index is 312. The van der Waals surface area contributed by atoms with E-state index < -0.39 is 42.3 Å². The Balaban J connectivity index is 4.58. The van der Waals surface area contributed by atoms with Crippen molar-refractivity contribution >= 4 is 17.9 Å². The van der Waals surface area contributed by atoms with Gasteiger partial charge in [-0.05, 0) is 0 Å². The molecule has 5 N–H and O–H groups in total. The molecule has 0 heterocycles. The molecular weight excluding hydrogens is 240 g/mol. The van der Waals surface area contributed by atoms with Crippen LogP contribution in [0.2, 0.25) is 0 Å². The lowest BCUT2D eigenvalue weighted by molar-refractivity contribution is -0.179. The number of esters is 2. The summed E-state index contributed by atoms with van der Waals surface area (Å²) < 4.78 is 3.90. The van der Waals surface area contributed by atoms with Gasteiger partial charge in [0.2, 0.25) is 0 Å². The van der Waals surface area contributed by atoms with E-state index >= 15 is 0 Å². The Labute approximate surface area is 94.9 Å². The summed E-state index contributed by atoms with van der Waals surface area (Å²) >= 11 is 0. The molecule has 0 amide bonds. The molecule has 0 aromatic rings. The van der Waals surface area contributed by atoms with Crippen molar-refractivity contribution in [2.45, 2.75) is 31.3 Å². The number of carbonyl (C=O) groups is 3. The zero-order valence-electron chi connectivity index (χ0n) is 8.68. The first-order valence-corrected chi connectivity index (χ1v) is 4.35. The lowest BCUT2D eigenvalue weighted by atomic mass is 10.0. The van der Waals surface area contributed by atoms with E-state index in [4.69, 9.17) is 25.5 Å². The fourth-order valence-electron chi connectivity index (χ4n) is 0.861. The molecule has 0 aromatic heterocycles. The summed E-state index contributed by atoms with van der Waals surface area (Å²) in [5.41, 5.74) is 0. The van der Waals surface area contributed by atoms with Crippen molar-refractivity contribution in [1.82, 2.24) is 0 Å². The topological polar surface area (TPSA) is 162 Å². The van der Waals surface area contributed by atoms with Crippen molar-refractivity contribution < 1.29 is 44.7 Å². The predicted octanol–water partition coefficient (Wildman–Crippen LogP) is -3.40. The van der Waals surface area contributed by atoms with Crippen molar-refractivity contribution in [3.63, 3.8) is 0 Å². The lowest BCUT2D eigenvalue weighted by Crippen LogP contribution is -2.50. The summed E-state index contributed by atoms with van der Waals surface area (Å²) in [6.07, 6.45) is -9.39. The first-order chi connectivity index (χ1) is 7.68. The molecule has 17 heavy (non-hydrogen) atoms. The van der Waals surface area contributed by atoms with Gasteiger partial charge in [-0.2, -0.15) is 0 Å². The molecule has 98 valence electrons. The largest absolute Gasteiger partial charge is 0.479 e. The van der Waals surface area contributed by atoms with Gasteiger partial charge in [0.05, 0.1) is 0 Å². The SMILES string of the molecule is CC(=O)OC(=O)[C@H](O)[C@@H](O)[C@H](O)[C@H](O)C(=O)O. The van der Waals surface area contributed by atoms with E-state index in [-0.39, 0.29) is 0 Å². The summed E-state index contributed by atoms with van der Waals surface area (Å²) in [6, 6.07) is 0. The molecule has 0 radical (unpaired) electrons. The van der Waals surface area contributed by atoms with Gasteiger partial charge in [-0.15, -0.1) is 0 Å². The molecule has 0 rings (SSSR count). The van der Waals surface area contributed by atoms with Gasteiger partial charge in [-0.25, -0.2) is 9.59 Å². The van der Waals surface area contributed by atoms with Gasteiger partial charge >= 0.3 is 17.9 Å². The average Bonchev–Trinajstić information content (AvgIpc) is 2.23. The fourth-order valence-corrected chi connectivity index (χ4v) is 0.861. The third-order valence-electron chi connectivity index (χ3n) is 1.74. The summed E-state index contributed by atoms with van der Waals surface area (Å²) in [5, 5.41) is 44.5. The molecule has 9 heteroatoms. The van der Waals surface area contributed by atoms with Crippen LogP contribution in [0.1, 0.15) is 6.92 Å². The first kappa shape index (κ1) is 15.4. The van der Waals surface area contributed by atoms with Crippen LogP contribution < -0.4 is 0 Å². The Morgan fingerprint density at radius 3 is 1.71 bits per heavy atom. The minimum absolute atomic E-state index is 0.861. The number of rotatable bonds is 5. The van der Waals surface area contributed by atoms with Gasteiger partial charge in [-0.1, -0.05) is 0 Å². The highest BCUT2D eigenvalue weighted by Crippen LogP contribution is 2.07. The second-order valence-electron chi connectivity index (χ2n) is 3.12. The van der Waals surface area contributed by atoms with Gasteiger partial charge in [0.25, 0.3) is 0 Å². The standard InChI is InChI=1S/C8H12O9/c1-2(9)17-8(16)6(13)4(11)3(10)5(12)7(14)15/h3-6,10-13H,1H3,(H,14,15)/t3-,4-,5-,6+/m0/s1. The summed E-state index contributed by atoms with van der Waals surface area (Å²) in [7, 11) is 0. The molecule has 0 spiro atoms. The van der Waals surface area contributed by atoms with Crippen LogP contribution >= 0.6 is 0 Å². The molecule has 0 saturated heterocycles. The molecule has 0 aliphatic heterocycles. The van der Waals surface area contributed by atoms with Gasteiger partial charge in [0.1, 0.15) is 12.2 Å². The minimum atomic E-state index is -2.40. The van der Waals surface area contributed by atoms with E-state index in [9.17, 15) is 14.4 Å². The van der Waals surface area contributed by atoms with Crippen LogP contribution in [0.3, 0.4) is 0 Å². The highest BCUT2D eigenvalue weighted by Gasteiger charge is 2.38. The molecule has 0 unspecified atom stereocenters. The number of hydrogen-bond donors (Lipinski definition) is 5. The third-order valence-corrected chi connectivity index (χ3v) is 1.74. The van der Waals surface area contributed by atoms with Crippen LogP contribution in [0.5, 0.6) is 0 Å². The van der Waals surface area contributed by atoms with Crippen LogP contribution in [0.15, 0.2) is 0 Å². The number of carbonyl (C=O) groups excluding carboxylic acids is 2. The zero-order chi connectivity index (χ0) is 13.7. The van der Waals surface area contributed by atoms with E-state index in [0.29, 0.717) is 0 Å². The van der Waals surface area contributed by atoms with Crippen molar-refractivity contribution in [2.24, 2.45) is 0 Å². The molecular formula is C8H12O9. The maximum atomic E-state index is 10.9. The number of aliphatic carboxylic acids is 1. The molecule has 0 aliphatic carbocycles. The molecule has 0 fully saturated rings. The Morgan fingerprint density at radius 1 is 0.941 bits per heavy atom. The first-order valence-electron chi connectivity index (χ1n) is 4.35. The number of ether oxygens (including phenoxy) is 1. The van der Waals surface area contributed by atoms with Crippen LogP contribution in [-0.4, -0.2) is 67.9 Å². The van der Waals surface area contributed by atoms with Crippen LogP contribution in [0.4, 0.5) is 0 Å². The van der Waals surface area contributed by atoms with Crippen LogP contribution in [0.25, 0.3) is 0 Å². The molecule has 0 aromatic carbocycles. The van der Waals surface area contributed by atoms with E-state index in [1.165, 1.54) is 0 Å². The number of aliphatic hydroxyl groups is 4. The molecule has 0 aliphatic rings. The van der Waals surface area contributed by atoms with Crippen LogP contribution in [-0.2, 0) is 19.1 Å². The van der Waals surface area contributed by atoms with E-state index in [0.717, 1.165) is 6.92 Å². The normalized spacial score (nSPS) is 17.7. The number of aliphatic hydroxyl groups excluding tert-OH is 4. The van der Waals surface area contributed by atoms with E-state index in [1.54, 1.807) is 0 Å². The van der Waals surface area contributed by atoms with Crippen LogP contribution in [0, 0.1) is 0 Å². The summed E-state index contributed by atoms with van der Waals surface area (Å²) in [6.45, 7) is 0.861. The number of carboxylic acids is 1. The number of carboxylic acid groups (broad SMARTS) is 1. The maximum Gasteiger partial charge on any atom is 0.345 e. The average molecular weight is 252 g/mol. The number of hydrogen-bond acceptors (Lipinski definition) is 8. The fraction of sp³-hybridized carbons (Fsp3) is 0.625. The van der Waals surface area contributed by atoms with E-state index in [2.05, 4.69) is 4.74 Å². The van der Waals surface area contributed by atoms with Crippen molar-refractivity contribution in [3.05, 3.63) is 0 Å². The maximum absolute atomic E-state index is 10.9. The van der Waals surface area contributed by atoms with Gasteiger partial charge < -0.3 is 30.3 Å². The second-order valence-corrected chi connectivity index (χ2v) is 3.12. The molecule has 0 bridgehead atoms. The monoisotopic (exact) mass is 252 g/mol. The molecule has 4 atom stereocenters. The Morgan fingerprint density at radius 2 is 1.35 bits per heavy atom. The quantitative estimate of drug-likeness (QED) is 0.248. The van der Waals surface area contributed by atoms with Gasteiger partial charge in [0, 0.05) is 6.92 Å². The van der Waals surface area contributed by atoms with Crippen molar-refractivity contribution in [1.29, 1.82) is 0 Å². The zero-order valence-corrected chi connectivity index (χ0v) is 8.68. The van der Waals surface area contributed by atoms with Crippen molar-refractivity contribution in [3.8, 4) is 0 Å². The van der Waals surface area contributed by atoms with Gasteiger partial charge in [0.15, 0.2) is 12.2 Å². The van der Waals surface area contributed by atoms with Gasteiger partial charge in [-0.3, -0.25) is 4.79 Å². The minimum Gasteiger partial charge on any atom is -0.479 e. The highest BCUT2D eigenvalue weighted by molar-refractivity contribution is 5.87. The Hall–Kier alpha value is -1.55.